The van der Waals surface area contributed by atoms with Crippen LogP contribution in [0.3, 0.4) is 0 Å². The maximum Gasteiger partial charge on any atom is 0.320 e. The van der Waals surface area contributed by atoms with Crippen LogP contribution in [0.5, 0.6) is 0 Å². The summed E-state index contributed by atoms with van der Waals surface area (Å²) in [5.74, 6) is -0.106. The molecular formula is C34H39FN10O3. The Balaban J connectivity index is 1.19. The molecule has 2 amide bonds. The molecule has 5 aromatic rings. The van der Waals surface area contributed by atoms with Gasteiger partial charge in [-0.05, 0) is 68.8 Å². The quantitative estimate of drug-likeness (QED) is 0.211. The highest BCUT2D eigenvalue weighted by molar-refractivity contribution is 5.92. The number of fused-ring (bicyclic) bond motifs is 1. The van der Waals surface area contributed by atoms with Crippen LogP contribution < -0.4 is 10.6 Å². The van der Waals surface area contributed by atoms with Gasteiger partial charge in [0.05, 0.1) is 29.7 Å². The normalized spacial score (nSPS) is 18.6. The topological polar surface area (TPSA) is 127 Å². The first-order valence-corrected chi connectivity index (χ1v) is 16.2. The van der Waals surface area contributed by atoms with Crippen molar-refractivity contribution in [1.29, 1.82) is 0 Å². The highest BCUT2D eigenvalue weighted by atomic mass is 19.1. The first-order chi connectivity index (χ1) is 23.4. The van der Waals surface area contributed by atoms with Crippen molar-refractivity contribution >= 4 is 22.9 Å². The van der Waals surface area contributed by atoms with Crippen molar-refractivity contribution in [1.82, 2.24) is 44.8 Å². The summed E-state index contributed by atoms with van der Waals surface area (Å²) in [4.78, 5) is 30.7. The third-order valence-corrected chi connectivity index (χ3v) is 8.92. The van der Waals surface area contributed by atoms with E-state index in [4.69, 9.17) is 24.8 Å². The molecule has 14 heteroatoms. The zero-order valence-electron chi connectivity index (χ0n) is 27.3. The predicted octanol–water partition coefficient (Wildman–Crippen LogP) is 4.38. The van der Waals surface area contributed by atoms with E-state index < -0.39 is 24.1 Å². The standard InChI is InChI=1S/C34H39FN10O3/c1-22-30(24-17-26-27(20-43-13-7-8-14-43)40-42(2)33(26)37-19-24)41-45(25-9-5-4-6-10-25)32(22)39-34(46)38-28-21-44(15-16-47-3)48-31(28)23-11-12-36-29(35)18-23/h4-6,9-12,17-19,28,31H,7-8,13-16,20-21H2,1-3H3,(H2,38,39,46)/t28-,31+/m1/s1. The molecule has 2 N–H and O–H groups in total. The fraction of sp³-hybridized carbons (Fsp3) is 0.382. The Labute approximate surface area is 277 Å². The van der Waals surface area contributed by atoms with E-state index >= 15 is 0 Å². The van der Waals surface area contributed by atoms with Crippen molar-refractivity contribution in [3.05, 3.63) is 83.7 Å². The largest absolute Gasteiger partial charge is 0.383 e. The molecule has 2 atom stereocenters. The Morgan fingerprint density at radius 3 is 2.69 bits per heavy atom. The monoisotopic (exact) mass is 654 g/mol. The minimum absolute atomic E-state index is 0.379. The number of urea groups is 1. The lowest BCUT2D eigenvalue weighted by molar-refractivity contribution is -0.154. The number of hydrogen-bond acceptors (Lipinski definition) is 9. The van der Waals surface area contributed by atoms with E-state index in [0.29, 0.717) is 36.8 Å². The molecule has 4 aromatic heterocycles. The molecule has 6 heterocycles. The maximum atomic E-state index is 14.1. The number of likely N-dealkylation sites (tertiary alicyclic amines) is 1. The second kappa shape index (κ2) is 13.8. The van der Waals surface area contributed by atoms with Gasteiger partial charge in [-0.1, -0.05) is 18.2 Å². The van der Waals surface area contributed by atoms with Gasteiger partial charge in [-0.15, -0.1) is 0 Å². The Morgan fingerprint density at radius 2 is 1.92 bits per heavy atom. The predicted molar refractivity (Wildman–Crippen MR) is 178 cm³/mol. The van der Waals surface area contributed by atoms with Crippen LogP contribution >= 0.6 is 0 Å². The van der Waals surface area contributed by atoms with Gasteiger partial charge in [0.2, 0.25) is 5.95 Å². The fourth-order valence-corrected chi connectivity index (χ4v) is 6.53. The number of aromatic nitrogens is 6. The number of rotatable bonds is 10. The van der Waals surface area contributed by atoms with E-state index in [1.165, 1.54) is 25.1 Å². The molecule has 0 aliphatic carbocycles. The van der Waals surface area contributed by atoms with Crippen LogP contribution in [0.1, 0.15) is 35.8 Å². The number of nitrogens with zero attached hydrogens (tertiary/aromatic N) is 8. The van der Waals surface area contributed by atoms with E-state index in [9.17, 15) is 9.18 Å². The summed E-state index contributed by atoms with van der Waals surface area (Å²) < 4.78 is 22.8. The number of aryl methyl sites for hydroxylation is 1. The summed E-state index contributed by atoms with van der Waals surface area (Å²) in [5.41, 5.74) is 5.45. The Hall–Kier alpha value is -4.76. The van der Waals surface area contributed by atoms with Gasteiger partial charge in [-0.3, -0.25) is 19.7 Å². The number of hydrogen-bond donors (Lipinski definition) is 2. The smallest absolute Gasteiger partial charge is 0.320 e. The molecule has 250 valence electrons. The SMILES string of the molecule is COCCN1C[C@@H](NC(=O)Nc2c(C)c(-c3cnc4c(c3)c(CN3CCCC3)nn4C)nn2-c2ccccc2)[C@H](c2ccnc(F)c2)O1. The van der Waals surface area contributed by atoms with Crippen molar-refractivity contribution in [3.63, 3.8) is 0 Å². The number of carbonyl (C=O) groups excluding carboxylic acids is 1. The Kier molecular flexibility index (Phi) is 9.13. The number of amides is 2. The number of para-hydroxylation sites is 1. The van der Waals surface area contributed by atoms with Gasteiger partial charge in [-0.25, -0.2) is 19.4 Å². The minimum Gasteiger partial charge on any atom is -0.383 e. The number of halogens is 1. The first kappa shape index (κ1) is 31.8. The highest BCUT2D eigenvalue weighted by Crippen LogP contribution is 2.33. The molecule has 7 rings (SSSR count). The third-order valence-electron chi connectivity index (χ3n) is 8.92. The van der Waals surface area contributed by atoms with Crippen LogP contribution in [0.25, 0.3) is 28.0 Å². The molecule has 1 aromatic carbocycles. The molecular weight excluding hydrogens is 615 g/mol. The van der Waals surface area contributed by atoms with E-state index in [1.807, 2.05) is 49.0 Å². The summed E-state index contributed by atoms with van der Waals surface area (Å²) >= 11 is 0. The lowest BCUT2D eigenvalue weighted by Crippen LogP contribution is -2.42. The number of benzene rings is 1. The average molecular weight is 655 g/mol. The molecule has 48 heavy (non-hydrogen) atoms. The summed E-state index contributed by atoms with van der Waals surface area (Å²) in [7, 11) is 3.53. The van der Waals surface area contributed by atoms with Crippen molar-refractivity contribution < 1.29 is 18.8 Å². The molecule has 13 nitrogen and oxygen atoms in total. The van der Waals surface area contributed by atoms with E-state index in [2.05, 4.69) is 26.6 Å². The number of anilines is 1. The van der Waals surface area contributed by atoms with Crippen molar-refractivity contribution in [3.8, 4) is 16.9 Å². The van der Waals surface area contributed by atoms with E-state index in [0.717, 1.165) is 53.2 Å². The van der Waals surface area contributed by atoms with Gasteiger partial charge in [0.1, 0.15) is 11.9 Å². The van der Waals surface area contributed by atoms with Gasteiger partial charge >= 0.3 is 6.03 Å². The molecule has 0 radical (unpaired) electrons. The average Bonchev–Trinajstić information content (AvgIpc) is 3.88. The van der Waals surface area contributed by atoms with Crippen LogP contribution in [0, 0.1) is 12.9 Å². The molecule has 2 fully saturated rings. The number of nitrogens with one attached hydrogen (secondary N) is 2. The summed E-state index contributed by atoms with van der Waals surface area (Å²) in [6.07, 6.45) is 4.99. The Bertz CT molecular complexity index is 1910. The molecule has 0 bridgehead atoms. The van der Waals surface area contributed by atoms with Crippen molar-refractivity contribution in [2.45, 2.75) is 38.5 Å². The zero-order chi connectivity index (χ0) is 33.2. The second-order valence-electron chi connectivity index (χ2n) is 12.2. The minimum atomic E-state index is -0.619. The molecule has 2 aliphatic rings. The first-order valence-electron chi connectivity index (χ1n) is 16.2. The fourth-order valence-electron chi connectivity index (χ4n) is 6.53. The molecule has 0 spiro atoms. The molecule has 2 saturated heterocycles. The van der Waals surface area contributed by atoms with Crippen LogP contribution in [-0.4, -0.2) is 91.5 Å². The Morgan fingerprint density at radius 1 is 1.10 bits per heavy atom. The van der Waals surface area contributed by atoms with E-state index in [1.54, 1.807) is 29.1 Å². The number of hydroxylamine groups is 2. The highest BCUT2D eigenvalue weighted by Gasteiger charge is 2.37. The summed E-state index contributed by atoms with van der Waals surface area (Å²) in [6, 6.07) is 13.8. The van der Waals surface area contributed by atoms with Gasteiger partial charge in [0, 0.05) is 62.7 Å². The van der Waals surface area contributed by atoms with Crippen LogP contribution in [0.2, 0.25) is 0 Å². The zero-order valence-corrected chi connectivity index (χ0v) is 27.3. The van der Waals surface area contributed by atoms with Crippen molar-refractivity contribution in [2.24, 2.45) is 7.05 Å². The lowest BCUT2D eigenvalue weighted by atomic mass is 10.0. The third kappa shape index (κ3) is 6.52. The number of pyridine rings is 2. The van der Waals surface area contributed by atoms with Crippen LogP contribution in [0.4, 0.5) is 15.0 Å². The van der Waals surface area contributed by atoms with Crippen LogP contribution in [-0.2, 0) is 23.2 Å². The summed E-state index contributed by atoms with van der Waals surface area (Å²) in [6.45, 7) is 6.15. The van der Waals surface area contributed by atoms with E-state index in [-0.39, 0.29) is 0 Å². The maximum absolute atomic E-state index is 14.1. The molecule has 2 aliphatic heterocycles. The van der Waals surface area contributed by atoms with Gasteiger partial charge < -0.3 is 10.1 Å². The second-order valence-corrected chi connectivity index (χ2v) is 12.2. The number of carbonyl (C=O) groups is 1. The number of ether oxygens (including phenoxy) is 1. The molecule has 0 saturated carbocycles. The van der Waals surface area contributed by atoms with Crippen molar-refractivity contribution in [2.75, 3.05) is 45.2 Å². The van der Waals surface area contributed by atoms with Gasteiger partial charge in [-0.2, -0.15) is 19.7 Å². The van der Waals surface area contributed by atoms with Gasteiger partial charge in [0.15, 0.2) is 5.65 Å². The lowest BCUT2D eigenvalue weighted by Gasteiger charge is -2.19. The van der Waals surface area contributed by atoms with Crippen LogP contribution in [0.15, 0.2) is 60.9 Å². The summed E-state index contributed by atoms with van der Waals surface area (Å²) in [5, 5.41) is 18.6. The number of methoxy groups -OCH3 is 1. The van der Waals surface area contributed by atoms with Gasteiger partial charge in [0.25, 0.3) is 0 Å². The molecule has 0 unspecified atom stereocenters.